The van der Waals surface area contributed by atoms with Crippen LogP contribution in [0.2, 0.25) is 0 Å². The molecule has 0 unspecified atom stereocenters. The average Bonchev–Trinajstić information content (AvgIpc) is 2.75. The van der Waals surface area contributed by atoms with Crippen LogP contribution in [0.15, 0.2) is 40.2 Å². The number of thiophene rings is 1. The third kappa shape index (κ3) is 2.54. The number of hydrogen-bond donors (Lipinski definition) is 1. The normalized spacial score (nSPS) is 12.7. The SMILES string of the molecule is CCc1ccc([C@@H](O)c2cc(Br)cs2)cc1. The Bertz CT molecular complexity index is 461. The third-order valence-electron chi connectivity index (χ3n) is 2.56. The van der Waals surface area contributed by atoms with Crippen molar-refractivity contribution in [1.29, 1.82) is 0 Å². The number of benzene rings is 1. The van der Waals surface area contributed by atoms with Crippen LogP contribution < -0.4 is 0 Å². The maximum Gasteiger partial charge on any atom is 0.113 e. The predicted molar refractivity (Wildman–Crippen MR) is 71.9 cm³/mol. The minimum atomic E-state index is -0.512. The van der Waals surface area contributed by atoms with Gasteiger partial charge in [0.15, 0.2) is 0 Å². The molecule has 84 valence electrons. The largest absolute Gasteiger partial charge is 0.383 e. The fourth-order valence-corrected chi connectivity index (χ4v) is 3.03. The summed E-state index contributed by atoms with van der Waals surface area (Å²) in [5.41, 5.74) is 2.25. The van der Waals surface area contributed by atoms with E-state index in [0.29, 0.717) is 0 Å². The maximum absolute atomic E-state index is 10.2. The van der Waals surface area contributed by atoms with E-state index in [-0.39, 0.29) is 0 Å². The van der Waals surface area contributed by atoms with Gasteiger partial charge in [-0.05, 0) is 39.5 Å². The van der Waals surface area contributed by atoms with Gasteiger partial charge in [-0.25, -0.2) is 0 Å². The second-order valence-corrected chi connectivity index (χ2v) is 5.52. The zero-order valence-electron chi connectivity index (χ0n) is 8.98. The lowest BCUT2D eigenvalue weighted by Crippen LogP contribution is -1.96. The van der Waals surface area contributed by atoms with Crippen molar-refractivity contribution in [3.63, 3.8) is 0 Å². The second kappa shape index (κ2) is 5.13. The molecule has 0 bridgehead atoms. The smallest absolute Gasteiger partial charge is 0.113 e. The quantitative estimate of drug-likeness (QED) is 0.902. The molecular formula is C13H13BrOS. The molecule has 1 heterocycles. The number of hydrogen-bond acceptors (Lipinski definition) is 2. The molecule has 0 aliphatic heterocycles. The lowest BCUT2D eigenvalue weighted by molar-refractivity contribution is 0.224. The van der Waals surface area contributed by atoms with Gasteiger partial charge in [-0.15, -0.1) is 11.3 Å². The minimum absolute atomic E-state index is 0.512. The van der Waals surface area contributed by atoms with Crippen LogP contribution >= 0.6 is 27.3 Å². The van der Waals surface area contributed by atoms with E-state index in [1.807, 2.05) is 23.6 Å². The Balaban J connectivity index is 2.23. The van der Waals surface area contributed by atoms with E-state index in [1.54, 1.807) is 11.3 Å². The molecule has 1 N–H and O–H groups in total. The number of aliphatic hydroxyl groups is 1. The van der Waals surface area contributed by atoms with Gasteiger partial charge in [-0.1, -0.05) is 31.2 Å². The summed E-state index contributed by atoms with van der Waals surface area (Å²) in [6, 6.07) is 10.1. The van der Waals surface area contributed by atoms with Gasteiger partial charge in [-0.2, -0.15) is 0 Å². The van der Waals surface area contributed by atoms with Crippen LogP contribution in [0, 0.1) is 0 Å². The zero-order chi connectivity index (χ0) is 11.5. The van der Waals surface area contributed by atoms with Crippen molar-refractivity contribution >= 4 is 27.3 Å². The molecule has 0 saturated heterocycles. The number of aliphatic hydroxyl groups excluding tert-OH is 1. The highest BCUT2D eigenvalue weighted by Gasteiger charge is 2.12. The molecule has 0 fully saturated rings. The second-order valence-electron chi connectivity index (χ2n) is 3.66. The Morgan fingerprint density at radius 3 is 2.50 bits per heavy atom. The molecule has 2 rings (SSSR count). The zero-order valence-corrected chi connectivity index (χ0v) is 11.4. The van der Waals surface area contributed by atoms with Crippen molar-refractivity contribution in [3.8, 4) is 0 Å². The number of rotatable bonds is 3. The first-order chi connectivity index (χ1) is 7.70. The first-order valence-electron chi connectivity index (χ1n) is 5.21. The van der Waals surface area contributed by atoms with Gasteiger partial charge in [-0.3, -0.25) is 0 Å². The van der Waals surface area contributed by atoms with E-state index >= 15 is 0 Å². The van der Waals surface area contributed by atoms with Crippen molar-refractivity contribution in [2.45, 2.75) is 19.4 Å². The molecule has 3 heteroatoms. The van der Waals surface area contributed by atoms with Crippen LogP contribution in [0.3, 0.4) is 0 Å². The Kier molecular flexibility index (Phi) is 3.79. The molecule has 0 spiro atoms. The van der Waals surface area contributed by atoms with E-state index in [4.69, 9.17) is 0 Å². The van der Waals surface area contributed by atoms with E-state index in [1.165, 1.54) is 5.56 Å². The molecular weight excluding hydrogens is 284 g/mol. The van der Waals surface area contributed by atoms with Gasteiger partial charge in [0.2, 0.25) is 0 Å². The molecule has 2 aromatic rings. The van der Waals surface area contributed by atoms with Crippen molar-refractivity contribution < 1.29 is 5.11 Å². The van der Waals surface area contributed by atoms with Crippen molar-refractivity contribution in [3.05, 3.63) is 56.2 Å². The molecule has 1 aromatic heterocycles. The van der Waals surface area contributed by atoms with Gasteiger partial charge in [0, 0.05) is 14.7 Å². The lowest BCUT2D eigenvalue weighted by atomic mass is 10.0. The molecule has 0 radical (unpaired) electrons. The standard InChI is InChI=1S/C13H13BrOS/c1-2-9-3-5-10(6-4-9)13(15)12-7-11(14)8-16-12/h3-8,13,15H,2H2,1H3/t13-/m1/s1. The molecule has 1 nitrogen and oxygen atoms in total. The first-order valence-corrected chi connectivity index (χ1v) is 6.89. The number of aryl methyl sites for hydroxylation is 1. The van der Waals surface area contributed by atoms with Gasteiger partial charge >= 0.3 is 0 Å². The van der Waals surface area contributed by atoms with Crippen molar-refractivity contribution in [2.75, 3.05) is 0 Å². The van der Waals surface area contributed by atoms with Gasteiger partial charge < -0.3 is 5.11 Å². The van der Waals surface area contributed by atoms with Gasteiger partial charge in [0.05, 0.1) is 0 Å². The lowest BCUT2D eigenvalue weighted by Gasteiger charge is -2.09. The molecule has 0 saturated carbocycles. The average molecular weight is 297 g/mol. The minimum Gasteiger partial charge on any atom is -0.383 e. The van der Waals surface area contributed by atoms with Crippen molar-refractivity contribution in [2.24, 2.45) is 0 Å². The summed E-state index contributed by atoms with van der Waals surface area (Å²) in [4.78, 5) is 0.969. The monoisotopic (exact) mass is 296 g/mol. The molecule has 16 heavy (non-hydrogen) atoms. The van der Waals surface area contributed by atoms with Crippen LogP contribution in [0.1, 0.15) is 29.0 Å². The summed E-state index contributed by atoms with van der Waals surface area (Å²) >= 11 is 4.96. The highest BCUT2D eigenvalue weighted by Crippen LogP contribution is 2.29. The predicted octanol–water partition coefficient (Wildman–Crippen LogP) is 4.15. The Labute approximate surface area is 108 Å². The first kappa shape index (κ1) is 11.8. The van der Waals surface area contributed by atoms with Crippen LogP contribution in [-0.2, 0) is 6.42 Å². The topological polar surface area (TPSA) is 20.2 Å². The van der Waals surface area contributed by atoms with E-state index in [9.17, 15) is 5.11 Å². The maximum atomic E-state index is 10.2. The van der Waals surface area contributed by atoms with Gasteiger partial charge in [0.25, 0.3) is 0 Å². The highest BCUT2D eigenvalue weighted by atomic mass is 79.9. The molecule has 0 aliphatic rings. The summed E-state index contributed by atoms with van der Waals surface area (Å²) in [6.45, 7) is 2.13. The van der Waals surface area contributed by atoms with Crippen LogP contribution in [0.4, 0.5) is 0 Å². The Morgan fingerprint density at radius 1 is 1.31 bits per heavy atom. The van der Waals surface area contributed by atoms with E-state index in [0.717, 1.165) is 21.3 Å². The summed E-state index contributed by atoms with van der Waals surface area (Å²) < 4.78 is 1.02. The van der Waals surface area contributed by atoms with Crippen molar-refractivity contribution in [1.82, 2.24) is 0 Å². The number of halogens is 1. The van der Waals surface area contributed by atoms with E-state index in [2.05, 4.69) is 35.0 Å². The Morgan fingerprint density at radius 2 is 2.00 bits per heavy atom. The van der Waals surface area contributed by atoms with Crippen LogP contribution in [-0.4, -0.2) is 5.11 Å². The van der Waals surface area contributed by atoms with Crippen LogP contribution in [0.25, 0.3) is 0 Å². The fraction of sp³-hybridized carbons (Fsp3) is 0.231. The van der Waals surface area contributed by atoms with Crippen LogP contribution in [0.5, 0.6) is 0 Å². The third-order valence-corrected chi connectivity index (χ3v) is 4.31. The Hall–Kier alpha value is -0.640. The molecule has 0 amide bonds. The van der Waals surface area contributed by atoms with Gasteiger partial charge in [0.1, 0.15) is 6.10 Å². The molecule has 1 aromatic carbocycles. The summed E-state index contributed by atoms with van der Waals surface area (Å²) in [6.07, 6.45) is 0.517. The fourth-order valence-electron chi connectivity index (χ4n) is 1.57. The highest BCUT2D eigenvalue weighted by molar-refractivity contribution is 9.10. The summed E-state index contributed by atoms with van der Waals surface area (Å²) in [7, 11) is 0. The summed E-state index contributed by atoms with van der Waals surface area (Å²) in [5, 5.41) is 12.1. The molecule has 1 atom stereocenters. The molecule has 0 aliphatic carbocycles. The van der Waals surface area contributed by atoms with E-state index < -0.39 is 6.10 Å². The summed E-state index contributed by atoms with van der Waals surface area (Å²) in [5.74, 6) is 0.